The Morgan fingerprint density at radius 2 is 1.67 bits per heavy atom. The van der Waals surface area contributed by atoms with Gasteiger partial charge in [-0.1, -0.05) is 75.8 Å². The number of alkyl halides is 3. The Morgan fingerprint density at radius 1 is 0.963 bits per heavy atom. The van der Waals surface area contributed by atoms with Crippen molar-refractivity contribution in [3.63, 3.8) is 0 Å². The van der Waals surface area contributed by atoms with Crippen LogP contribution in [0.2, 0.25) is 0 Å². The van der Waals surface area contributed by atoms with E-state index in [4.69, 9.17) is 0 Å². The summed E-state index contributed by atoms with van der Waals surface area (Å²) in [6.45, 7) is 2.26. The van der Waals surface area contributed by atoms with Crippen molar-refractivity contribution in [3.8, 4) is 0 Å². The van der Waals surface area contributed by atoms with E-state index in [2.05, 4.69) is 25.2 Å². The van der Waals surface area contributed by atoms with Crippen LogP contribution < -0.4 is 0 Å². The molecule has 0 radical (unpaired) electrons. The van der Waals surface area contributed by atoms with E-state index in [9.17, 15) is 13.2 Å². The molecule has 1 aromatic carbocycles. The first kappa shape index (κ1) is 20.2. The van der Waals surface area contributed by atoms with Gasteiger partial charge in [0, 0.05) is 0 Å². The third kappa shape index (κ3) is 5.49. The van der Waals surface area contributed by atoms with E-state index in [1.807, 2.05) is 0 Å². The normalized spacial score (nSPS) is 26.1. The number of benzene rings is 1. The molecule has 1 atom stereocenters. The molecule has 1 unspecified atom stereocenters. The van der Waals surface area contributed by atoms with Crippen LogP contribution in [0.1, 0.15) is 75.8 Å². The number of hydrogen-bond donors (Lipinski definition) is 0. The van der Waals surface area contributed by atoms with E-state index in [-0.39, 0.29) is 0 Å². The van der Waals surface area contributed by atoms with Gasteiger partial charge in [-0.25, -0.2) is 0 Å². The lowest BCUT2D eigenvalue weighted by Gasteiger charge is -2.33. The zero-order valence-corrected chi connectivity index (χ0v) is 16.3. The number of allylic oxidation sites excluding steroid dienone is 4. The van der Waals surface area contributed by atoms with Crippen molar-refractivity contribution in [3.05, 3.63) is 53.6 Å². The smallest absolute Gasteiger partial charge is 0.166 e. The highest BCUT2D eigenvalue weighted by Gasteiger charge is 2.30. The Morgan fingerprint density at radius 3 is 2.22 bits per heavy atom. The van der Waals surface area contributed by atoms with Gasteiger partial charge in [-0.15, -0.1) is 0 Å². The van der Waals surface area contributed by atoms with E-state index >= 15 is 0 Å². The molecule has 0 amide bonds. The van der Waals surface area contributed by atoms with Gasteiger partial charge in [0.1, 0.15) is 0 Å². The SMILES string of the molecule is CCCCCC1CCC(C2C=CC(c3ccc(C(F)(F)F)cc3)=CC2)CC1. The minimum Gasteiger partial charge on any atom is -0.166 e. The maximum Gasteiger partial charge on any atom is 0.416 e. The summed E-state index contributed by atoms with van der Waals surface area (Å²) >= 11 is 0. The number of rotatable bonds is 6. The van der Waals surface area contributed by atoms with Crippen LogP contribution in [0.5, 0.6) is 0 Å². The molecule has 1 saturated carbocycles. The molecular formula is C24H31F3. The Kier molecular flexibility index (Phi) is 6.83. The second-order valence-electron chi connectivity index (χ2n) is 8.27. The van der Waals surface area contributed by atoms with Crippen molar-refractivity contribution in [1.29, 1.82) is 0 Å². The van der Waals surface area contributed by atoms with E-state index < -0.39 is 11.7 Å². The van der Waals surface area contributed by atoms with Gasteiger partial charge in [0.2, 0.25) is 0 Å². The van der Waals surface area contributed by atoms with Gasteiger partial charge in [0.25, 0.3) is 0 Å². The second kappa shape index (κ2) is 9.12. The van der Waals surface area contributed by atoms with E-state index in [1.165, 1.54) is 63.5 Å². The van der Waals surface area contributed by atoms with Crippen LogP contribution in [-0.4, -0.2) is 0 Å². The summed E-state index contributed by atoms with van der Waals surface area (Å²) in [4.78, 5) is 0. The summed E-state index contributed by atoms with van der Waals surface area (Å²) in [5.74, 6) is 2.30. The Balaban J connectivity index is 1.50. The molecule has 2 aliphatic carbocycles. The highest BCUT2D eigenvalue weighted by molar-refractivity contribution is 5.75. The summed E-state index contributed by atoms with van der Waals surface area (Å²) in [7, 11) is 0. The van der Waals surface area contributed by atoms with Crippen LogP contribution in [-0.2, 0) is 6.18 Å². The molecule has 0 heterocycles. The average Bonchev–Trinajstić information content (AvgIpc) is 2.68. The van der Waals surface area contributed by atoms with Gasteiger partial charge in [-0.05, 0) is 60.3 Å². The molecule has 0 saturated heterocycles. The standard InChI is InChI=1S/C24H31F3/c1-2-3-4-5-18-6-8-19(9-7-18)20-10-12-21(13-11-20)22-14-16-23(17-15-22)24(25,26)27/h10,12-20H,2-9,11H2,1H3. The van der Waals surface area contributed by atoms with E-state index in [0.717, 1.165) is 29.4 Å². The van der Waals surface area contributed by atoms with Gasteiger partial charge >= 0.3 is 6.18 Å². The first-order valence-corrected chi connectivity index (χ1v) is 10.5. The first-order chi connectivity index (χ1) is 13.0. The highest BCUT2D eigenvalue weighted by atomic mass is 19.4. The zero-order chi connectivity index (χ0) is 19.3. The summed E-state index contributed by atoms with van der Waals surface area (Å²) in [6, 6.07) is 5.52. The second-order valence-corrected chi connectivity index (χ2v) is 8.27. The predicted octanol–water partition coefficient (Wildman–Crippen LogP) is 8.05. The number of halogens is 3. The maximum absolute atomic E-state index is 12.7. The summed E-state index contributed by atoms with van der Waals surface area (Å²) < 4.78 is 38.1. The lowest BCUT2D eigenvalue weighted by atomic mass is 9.72. The van der Waals surface area contributed by atoms with Crippen LogP contribution in [0.15, 0.2) is 42.5 Å². The van der Waals surface area contributed by atoms with Crippen molar-refractivity contribution < 1.29 is 13.2 Å². The van der Waals surface area contributed by atoms with E-state index in [0.29, 0.717) is 5.92 Å². The Bertz CT molecular complexity index is 643. The van der Waals surface area contributed by atoms with Gasteiger partial charge in [-0.2, -0.15) is 13.2 Å². The topological polar surface area (TPSA) is 0 Å². The fourth-order valence-corrected chi connectivity index (χ4v) is 4.64. The number of unbranched alkanes of at least 4 members (excludes halogenated alkanes) is 2. The molecule has 2 aliphatic rings. The van der Waals surface area contributed by atoms with Gasteiger partial charge in [0.05, 0.1) is 5.56 Å². The molecule has 0 aliphatic heterocycles. The van der Waals surface area contributed by atoms with Crippen molar-refractivity contribution in [2.45, 2.75) is 70.9 Å². The molecule has 0 aromatic heterocycles. The molecule has 1 aromatic rings. The van der Waals surface area contributed by atoms with Crippen molar-refractivity contribution >= 4 is 5.57 Å². The number of hydrogen-bond acceptors (Lipinski definition) is 0. The lowest BCUT2D eigenvalue weighted by Crippen LogP contribution is -2.21. The van der Waals surface area contributed by atoms with Crippen LogP contribution in [0.3, 0.4) is 0 Å². The van der Waals surface area contributed by atoms with Crippen molar-refractivity contribution in [2.75, 3.05) is 0 Å². The Labute approximate surface area is 161 Å². The molecule has 0 nitrogen and oxygen atoms in total. The molecule has 0 bridgehead atoms. The predicted molar refractivity (Wildman–Crippen MR) is 106 cm³/mol. The molecule has 3 rings (SSSR count). The largest absolute Gasteiger partial charge is 0.416 e. The molecule has 1 fully saturated rings. The molecule has 27 heavy (non-hydrogen) atoms. The minimum atomic E-state index is -4.27. The molecule has 148 valence electrons. The summed E-state index contributed by atoms with van der Waals surface area (Å²) in [5.41, 5.74) is 1.34. The summed E-state index contributed by atoms with van der Waals surface area (Å²) in [6.07, 6.45) is 14.2. The quantitative estimate of drug-likeness (QED) is 0.441. The van der Waals surface area contributed by atoms with Crippen LogP contribution >= 0.6 is 0 Å². The third-order valence-electron chi connectivity index (χ3n) is 6.39. The van der Waals surface area contributed by atoms with Gasteiger partial charge in [-0.3, -0.25) is 0 Å². The van der Waals surface area contributed by atoms with Crippen LogP contribution in [0.25, 0.3) is 5.57 Å². The third-order valence-corrected chi connectivity index (χ3v) is 6.39. The van der Waals surface area contributed by atoms with Gasteiger partial charge < -0.3 is 0 Å². The molecular weight excluding hydrogens is 345 g/mol. The monoisotopic (exact) mass is 376 g/mol. The maximum atomic E-state index is 12.7. The first-order valence-electron chi connectivity index (χ1n) is 10.5. The molecule has 0 N–H and O–H groups in total. The van der Waals surface area contributed by atoms with E-state index in [1.54, 1.807) is 12.1 Å². The van der Waals surface area contributed by atoms with Gasteiger partial charge in [0.15, 0.2) is 0 Å². The zero-order valence-electron chi connectivity index (χ0n) is 16.3. The van der Waals surface area contributed by atoms with Crippen LogP contribution in [0.4, 0.5) is 13.2 Å². The van der Waals surface area contributed by atoms with Crippen LogP contribution in [0, 0.1) is 17.8 Å². The summed E-state index contributed by atoms with van der Waals surface area (Å²) in [5, 5.41) is 0. The fraction of sp³-hybridized carbons (Fsp3) is 0.583. The van der Waals surface area contributed by atoms with Crippen molar-refractivity contribution in [1.82, 2.24) is 0 Å². The minimum absolute atomic E-state index is 0.583. The fourth-order valence-electron chi connectivity index (χ4n) is 4.64. The Hall–Kier alpha value is -1.51. The van der Waals surface area contributed by atoms with Crippen molar-refractivity contribution in [2.24, 2.45) is 17.8 Å². The average molecular weight is 377 g/mol. The molecule has 0 spiro atoms. The lowest BCUT2D eigenvalue weighted by molar-refractivity contribution is -0.137. The molecule has 3 heteroatoms. The highest BCUT2D eigenvalue weighted by Crippen LogP contribution is 2.40.